The lowest BCUT2D eigenvalue weighted by molar-refractivity contribution is -0.916. The van der Waals surface area contributed by atoms with Gasteiger partial charge in [-0.2, -0.15) is 0 Å². The highest BCUT2D eigenvalue weighted by Gasteiger charge is 2.34. The largest absolute Gasteiger partial charge is 0.870 e. The van der Waals surface area contributed by atoms with Gasteiger partial charge in [-0.3, -0.25) is 4.52 Å². The Bertz CT molecular complexity index is 335. The molecule has 0 fully saturated rings. The van der Waals surface area contributed by atoms with Gasteiger partial charge in [-0.25, -0.2) is 9.09 Å². The van der Waals surface area contributed by atoms with Gasteiger partial charge in [0.05, 0.1) is 34.4 Å². The van der Waals surface area contributed by atoms with Crippen molar-refractivity contribution in [2.24, 2.45) is 0 Å². The summed E-state index contributed by atoms with van der Waals surface area (Å²) in [6.45, 7) is 1.71. The van der Waals surface area contributed by atoms with Gasteiger partial charge in [0.25, 0.3) is 0 Å². The second-order valence-electron chi connectivity index (χ2n) is 6.97. The average molecular weight is 371 g/mol. The first kappa shape index (κ1) is 26.2. The van der Waals surface area contributed by atoms with Gasteiger partial charge >= 0.3 is 7.82 Å². The van der Waals surface area contributed by atoms with Crippen LogP contribution >= 0.6 is 7.82 Å². The highest BCUT2D eigenvalue weighted by molar-refractivity contribution is 7.47. The van der Waals surface area contributed by atoms with E-state index in [1.165, 1.54) is 38.5 Å². The van der Waals surface area contributed by atoms with E-state index < -0.39 is 14.1 Å². The lowest BCUT2D eigenvalue weighted by Crippen LogP contribution is -2.46. The topological polar surface area (TPSA) is 106 Å². The van der Waals surface area contributed by atoms with E-state index in [-0.39, 0.29) is 18.7 Å². The number of hydrogen-bond donors (Lipinski definition) is 2. The molecule has 0 aromatic carbocycles. The van der Waals surface area contributed by atoms with Crippen molar-refractivity contribution >= 4 is 7.82 Å². The Morgan fingerprint density at radius 1 is 1.00 bits per heavy atom. The van der Waals surface area contributed by atoms with Crippen LogP contribution in [0.5, 0.6) is 0 Å². The van der Waals surface area contributed by atoms with Gasteiger partial charge in [-0.1, -0.05) is 51.9 Å². The van der Waals surface area contributed by atoms with Crippen molar-refractivity contribution in [3.63, 3.8) is 0 Å². The molecule has 0 aromatic heterocycles. The Balaban J connectivity index is 0. The summed E-state index contributed by atoms with van der Waals surface area (Å²) in [4.78, 5) is 9.69. The first-order valence-corrected chi connectivity index (χ1v) is 10.3. The number of rotatable bonds is 15. The minimum absolute atomic E-state index is 0. The molecule has 148 valence electrons. The average Bonchev–Trinajstić information content (AvgIpc) is 2.45. The van der Waals surface area contributed by atoms with Crippen LogP contribution in [-0.2, 0) is 13.6 Å². The maximum atomic E-state index is 11.9. The standard InChI is InChI=1S/C16H36NO5P.H2O/c1-5-6-7-8-9-10-11-12-13-16(17(2,3)4)22-23(19,20)21-15-14-18;/h16,18H,5-15H2,1-4H3;1H2. The molecule has 2 unspecified atom stereocenters. The summed E-state index contributed by atoms with van der Waals surface area (Å²) in [5.74, 6) is 0. The van der Waals surface area contributed by atoms with E-state index in [4.69, 9.17) is 14.2 Å². The summed E-state index contributed by atoms with van der Waals surface area (Å²) in [5, 5.41) is 8.68. The highest BCUT2D eigenvalue weighted by atomic mass is 31.2. The van der Waals surface area contributed by atoms with Gasteiger partial charge in [-0.15, -0.1) is 0 Å². The maximum Gasteiger partial charge on any atom is 0.476 e. The van der Waals surface area contributed by atoms with E-state index in [9.17, 15) is 9.46 Å². The zero-order valence-electron chi connectivity index (χ0n) is 15.8. The van der Waals surface area contributed by atoms with Gasteiger partial charge in [0, 0.05) is 6.42 Å². The van der Waals surface area contributed by atoms with Crippen molar-refractivity contribution in [3.8, 4) is 0 Å². The second-order valence-corrected chi connectivity index (χ2v) is 8.37. The molecule has 0 heterocycles. The molecule has 0 aliphatic heterocycles. The minimum Gasteiger partial charge on any atom is -0.870 e. The summed E-state index contributed by atoms with van der Waals surface area (Å²) in [6.07, 6.45) is 10.0. The molecule has 0 bridgehead atoms. The Morgan fingerprint density at radius 2 is 1.50 bits per heavy atom. The number of phosphoric ester groups is 1. The quantitative estimate of drug-likeness (QED) is 0.197. The predicted octanol–water partition coefficient (Wildman–Crippen LogP) is 3.50. The zero-order chi connectivity index (χ0) is 17.8. The van der Waals surface area contributed by atoms with Gasteiger partial charge in [0.1, 0.15) is 0 Å². The summed E-state index contributed by atoms with van der Waals surface area (Å²) >= 11 is 0. The van der Waals surface area contributed by atoms with Crippen LogP contribution in [0.25, 0.3) is 0 Å². The third-order valence-electron chi connectivity index (χ3n) is 3.77. The summed E-state index contributed by atoms with van der Waals surface area (Å²) < 4.78 is 22.3. The van der Waals surface area contributed by atoms with Gasteiger partial charge in [-0.05, 0) is 6.42 Å². The third kappa shape index (κ3) is 14.3. The smallest absolute Gasteiger partial charge is 0.476 e. The molecule has 24 heavy (non-hydrogen) atoms. The lowest BCUT2D eigenvalue weighted by Gasteiger charge is -2.34. The molecular formula is C16H38NO6P. The van der Waals surface area contributed by atoms with Crippen molar-refractivity contribution < 1.29 is 33.6 Å². The molecular weight excluding hydrogens is 333 g/mol. The molecule has 0 aliphatic carbocycles. The lowest BCUT2D eigenvalue weighted by atomic mass is 10.1. The van der Waals surface area contributed by atoms with Crippen molar-refractivity contribution in [2.45, 2.75) is 70.9 Å². The Labute approximate surface area is 147 Å². The fourth-order valence-electron chi connectivity index (χ4n) is 2.37. The van der Waals surface area contributed by atoms with E-state index in [1.807, 2.05) is 21.1 Å². The van der Waals surface area contributed by atoms with Gasteiger partial charge < -0.3 is 20.0 Å². The summed E-state index contributed by atoms with van der Waals surface area (Å²) in [7, 11) is 1.68. The number of aliphatic hydroxyl groups excluding tert-OH is 1. The van der Waals surface area contributed by atoms with E-state index in [0.717, 1.165) is 12.8 Å². The molecule has 7 nitrogen and oxygen atoms in total. The Morgan fingerprint density at radius 3 is 1.96 bits per heavy atom. The molecule has 0 saturated heterocycles. The predicted molar refractivity (Wildman–Crippen MR) is 94.9 cm³/mol. The van der Waals surface area contributed by atoms with Gasteiger partial charge in [0.2, 0.25) is 6.23 Å². The Hall–Kier alpha value is -0.0100. The number of phosphoric acid groups is 1. The Kier molecular flexibility index (Phi) is 15.5. The van der Waals surface area contributed by atoms with Crippen LogP contribution in [-0.4, -0.2) is 60.5 Å². The minimum atomic E-state index is -4.11. The number of unbranched alkanes of at least 4 members (excludes halogenated alkanes) is 7. The number of aliphatic hydroxyl groups is 1. The molecule has 0 radical (unpaired) electrons. The van der Waals surface area contributed by atoms with E-state index >= 15 is 0 Å². The van der Waals surface area contributed by atoms with Crippen LogP contribution in [0, 0.1) is 0 Å². The highest BCUT2D eigenvalue weighted by Crippen LogP contribution is 2.46. The molecule has 2 atom stereocenters. The van der Waals surface area contributed by atoms with Crippen molar-refractivity contribution in [1.29, 1.82) is 0 Å². The second kappa shape index (κ2) is 14.2. The first-order chi connectivity index (χ1) is 10.7. The fourth-order valence-corrected chi connectivity index (χ4v) is 3.44. The first-order valence-electron chi connectivity index (χ1n) is 8.80. The number of hydrogen-bond acceptors (Lipinski definition) is 5. The third-order valence-corrected chi connectivity index (χ3v) is 4.79. The molecule has 8 heteroatoms. The van der Waals surface area contributed by atoms with Crippen molar-refractivity contribution in [3.05, 3.63) is 0 Å². The molecule has 0 aromatic rings. The molecule has 0 saturated carbocycles. The number of quaternary nitrogens is 1. The molecule has 3 N–H and O–H groups in total. The monoisotopic (exact) mass is 371 g/mol. The van der Waals surface area contributed by atoms with Crippen LogP contribution in [0.2, 0.25) is 0 Å². The van der Waals surface area contributed by atoms with E-state index in [2.05, 4.69) is 6.92 Å². The van der Waals surface area contributed by atoms with Crippen molar-refractivity contribution in [2.75, 3.05) is 34.4 Å². The zero-order valence-corrected chi connectivity index (χ0v) is 16.7. The van der Waals surface area contributed by atoms with Crippen LogP contribution in [0.1, 0.15) is 64.7 Å². The SMILES string of the molecule is CCCCCCCCCCC(OP(=O)(O)OCCO)[N+](C)(C)C.[OH-]. The van der Waals surface area contributed by atoms with Crippen LogP contribution in [0.15, 0.2) is 0 Å². The van der Waals surface area contributed by atoms with Crippen LogP contribution in [0.4, 0.5) is 0 Å². The van der Waals surface area contributed by atoms with E-state index in [1.54, 1.807) is 0 Å². The molecule has 0 spiro atoms. The summed E-state index contributed by atoms with van der Waals surface area (Å²) in [6, 6.07) is 0. The fraction of sp³-hybridized carbons (Fsp3) is 1.00. The summed E-state index contributed by atoms with van der Waals surface area (Å²) in [5.41, 5.74) is 0. The van der Waals surface area contributed by atoms with Gasteiger partial charge in [0.15, 0.2) is 0 Å². The molecule has 0 rings (SSSR count). The normalized spacial score (nSPS) is 15.6. The van der Waals surface area contributed by atoms with Crippen LogP contribution < -0.4 is 0 Å². The van der Waals surface area contributed by atoms with Crippen molar-refractivity contribution in [1.82, 2.24) is 0 Å². The molecule has 0 amide bonds. The van der Waals surface area contributed by atoms with E-state index in [0.29, 0.717) is 10.9 Å². The number of nitrogens with zero attached hydrogens (tertiary/aromatic N) is 1. The molecule has 0 aliphatic rings. The maximum absolute atomic E-state index is 11.9. The van der Waals surface area contributed by atoms with Crippen LogP contribution in [0.3, 0.4) is 0 Å².